The van der Waals surface area contributed by atoms with Gasteiger partial charge in [-0.2, -0.15) is 5.10 Å². The summed E-state index contributed by atoms with van der Waals surface area (Å²) in [6.07, 6.45) is 6.87. The van der Waals surface area contributed by atoms with Gasteiger partial charge in [0.2, 0.25) is 0 Å². The lowest BCUT2D eigenvalue weighted by Crippen LogP contribution is -2.47. The van der Waals surface area contributed by atoms with Crippen molar-refractivity contribution in [2.24, 2.45) is 0 Å². The summed E-state index contributed by atoms with van der Waals surface area (Å²) in [5.74, 6) is 2.64. The maximum Gasteiger partial charge on any atom is 0.158 e. The fraction of sp³-hybridized carbons (Fsp3) is 0.250. The Morgan fingerprint density at radius 3 is 2.29 bits per heavy atom. The van der Waals surface area contributed by atoms with E-state index in [2.05, 4.69) is 29.9 Å². The molecule has 4 heterocycles. The van der Waals surface area contributed by atoms with Crippen LogP contribution in [0.4, 0.5) is 11.6 Å². The Labute approximate surface area is 144 Å². The molecule has 24 heavy (non-hydrogen) atoms. The van der Waals surface area contributed by atoms with Gasteiger partial charge in [0.05, 0.1) is 5.02 Å². The van der Waals surface area contributed by atoms with Gasteiger partial charge in [0.15, 0.2) is 5.82 Å². The van der Waals surface area contributed by atoms with E-state index in [1.807, 2.05) is 30.5 Å². The molecular weight excluding hydrogens is 326 g/mol. The summed E-state index contributed by atoms with van der Waals surface area (Å²) in [5, 5.41) is 4.87. The molecule has 7 nitrogen and oxygen atoms in total. The third kappa shape index (κ3) is 3.03. The van der Waals surface area contributed by atoms with E-state index < -0.39 is 0 Å². The molecule has 0 spiro atoms. The zero-order valence-corrected chi connectivity index (χ0v) is 13.7. The Bertz CT molecular complexity index is 796. The Morgan fingerprint density at radius 2 is 1.62 bits per heavy atom. The van der Waals surface area contributed by atoms with Crippen LogP contribution >= 0.6 is 11.6 Å². The van der Waals surface area contributed by atoms with Crippen molar-refractivity contribution in [2.45, 2.75) is 0 Å². The second-order valence-electron chi connectivity index (χ2n) is 5.49. The second kappa shape index (κ2) is 6.45. The fourth-order valence-corrected chi connectivity index (χ4v) is 2.87. The lowest BCUT2D eigenvalue weighted by atomic mass is 10.3. The number of hydrogen-bond donors (Lipinski definition) is 0. The highest BCUT2D eigenvalue weighted by Gasteiger charge is 2.19. The monoisotopic (exact) mass is 341 g/mol. The molecule has 0 amide bonds. The fourth-order valence-electron chi connectivity index (χ4n) is 2.76. The molecule has 0 radical (unpaired) electrons. The van der Waals surface area contributed by atoms with Crippen LogP contribution in [0.3, 0.4) is 0 Å². The van der Waals surface area contributed by atoms with Crippen molar-refractivity contribution >= 4 is 23.2 Å². The number of piperazine rings is 1. The van der Waals surface area contributed by atoms with Gasteiger partial charge in [-0.1, -0.05) is 11.6 Å². The maximum atomic E-state index is 5.90. The average molecular weight is 342 g/mol. The summed E-state index contributed by atoms with van der Waals surface area (Å²) < 4.78 is 1.74. The first kappa shape index (κ1) is 14.9. The van der Waals surface area contributed by atoms with Crippen molar-refractivity contribution in [1.29, 1.82) is 0 Å². The van der Waals surface area contributed by atoms with Gasteiger partial charge in [-0.05, 0) is 18.2 Å². The van der Waals surface area contributed by atoms with E-state index in [4.69, 9.17) is 11.6 Å². The molecular formula is C16H16ClN7. The van der Waals surface area contributed by atoms with E-state index >= 15 is 0 Å². The zero-order chi connectivity index (χ0) is 16.4. The summed E-state index contributed by atoms with van der Waals surface area (Å²) in [6.45, 7) is 3.52. The Hall–Kier alpha value is -2.67. The van der Waals surface area contributed by atoms with Crippen LogP contribution in [0.2, 0.25) is 5.02 Å². The van der Waals surface area contributed by atoms with Crippen LogP contribution in [0.25, 0.3) is 5.82 Å². The highest BCUT2D eigenvalue weighted by atomic mass is 35.5. The van der Waals surface area contributed by atoms with Gasteiger partial charge < -0.3 is 9.80 Å². The van der Waals surface area contributed by atoms with Crippen LogP contribution < -0.4 is 9.80 Å². The summed E-state index contributed by atoms with van der Waals surface area (Å²) in [4.78, 5) is 17.6. The summed E-state index contributed by atoms with van der Waals surface area (Å²) >= 11 is 5.90. The van der Waals surface area contributed by atoms with Crippen molar-refractivity contribution in [3.8, 4) is 5.82 Å². The predicted molar refractivity (Wildman–Crippen MR) is 92.8 cm³/mol. The SMILES string of the molecule is Clc1ccc(N2CCN(c3cc(-n4cccn4)ncn3)CC2)nc1. The Balaban J connectivity index is 1.46. The highest BCUT2D eigenvalue weighted by molar-refractivity contribution is 6.30. The normalized spacial score (nSPS) is 14.9. The first-order valence-electron chi connectivity index (χ1n) is 7.73. The minimum Gasteiger partial charge on any atom is -0.353 e. The number of nitrogens with zero attached hydrogens (tertiary/aromatic N) is 7. The first-order chi connectivity index (χ1) is 11.8. The average Bonchev–Trinajstić information content (AvgIpc) is 3.17. The van der Waals surface area contributed by atoms with Gasteiger partial charge in [-0.25, -0.2) is 19.6 Å². The number of aromatic nitrogens is 5. The minimum atomic E-state index is 0.657. The Kier molecular flexibility index (Phi) is 4.00. The molecule has 0 N–H and O–H groups in total. The first-order valence-corrected chi connectivity index (χ1v) is 8.11. The number of hydrogen-bond acceptors (Lipinski definition) is 6. The number of anilines is 2. The molecule has 0 saturated carbocycles. The third-order valence-electron chi connectivity index (χ3n) is 4.02. The van der Waals surface area contributed by atoms with E-state index in [9.17, 15) is 0 Å². The van der Waals surface area contributed by atoms with Crippen LogP contribution in [-0.2, 0) is 0 Å². The van der Waals surface area contributed by atoms with Crippen molar-refractivity contribution < 1.29 is 0 Å². The van der Waals surface area contributed by atoms with Gasteiger partial charge >= 0.3 is 0 Å². The van der Waals surface area contributed by atoms with E-state index in [0.717, 1.165) is 43.6 Å². The molecule has 1 saturated heterocycles. The van der Waals surface area contributed by atoms with E-state index in [1.165, 1.54) is 0 Å². The molecule has 0 unspecified atom stereocenters. The predicted octanol–water partition coefficient (Wildman–Crippen LogP) is 2.04. The van der Waals surface area contributed by atoms with Crippen LogP contribution in [0.5, 0.6) is 0 Å². The van der Waals surface area contributed by atoms with Crippen molar-refractivity contribution in [1.82, 2.24) is 24.7 Å². The van der Waals surface area contributed by atoms with Crippen molar-refractivity contribution in [2.75, 3.05) is 36.0 Å². The lowest BCUT2D eigenvalue weighted by Gasteiger charge is -2.36. The topological polar surface area (TPSA) is 63.0 Å². The van der Waals surface area contributed by atoms with Crippen LogP contribution in [0, 0.1) is 0 Å². The van der Waals surface area contributed by atoms with E-state index in [-0.39, 0.29) is 0 Å². The van der Waals surface area contributed by atoms with Gasteiger partial charge in [0.1, 0.15) is 18.0 Å². The van der Waals surface area contributed by atoms with Crippen molar-refractivity contribution in [3.63, 3.8) is 0 Å². The van der Waals surface area contributed by atoms with Crippen LogP contribution in [-0.4, -0.2) is 50.9 Å². The third-order valence-corrected chi connectivity index (χ3v) is 4.24. The zero-order valence-electron chi connectivity index (χ0n) is 13.0. The van der Waals surface area contributed by atoms with Crippen molar-refractivity contribution in [3.05, 3.63) is 54.2 Å². The molecule has 4 rings (SSSR count). The summed E-state index contributed by atoms with van der Waals surface area (Å²) in [5.41, 5.74) is 0. The number of pyridine rings is 1. The minimum absolute atomic E-state index is 0.657. The number of halogens is 1. The van der Waals surface area contributed by atoms with Gasteiger partial charge in [-0.3, -0.25) is 0 Å². The molecule has 8 heteroatoms. The van der Waals surface area contributed by atoms with Gasteiger partial charge in [0, 0.05) is 50.8 Å². The molecule has 1 aliphatic rings. The molecule has 0 aliphatic carbocycles. The van der Waals surface area contributed by atoms with E-state index in [0.29, 0.717) is 5.02 Å². The van der Waals surface area contributed by atoms with Gasteiger partial charge in [0.25, 0.3) is 0 Å². The highest BCUT2D eigenvalue weighted by Crippen LogP contribution is 2.19. The summed E-state index contributed by atoms with van der Waals surface area (Å²) in [7, 11) is 0. The molecule has 1 fully saturated rings. The molecule has 0 atom stereocenters. The Morgan fingerprint density at radius 1 is 0.875 bits per heavy atom. The molecule has 3 aromatic rings. The van der Waals surface area contributed by atoms with E-state index in [1.54, 1.807) is 23.4 Å². The molecule has 122 valence electrons. The largest absolute Gasteiger partial charge is 0.353 e. The molecule has 3 aromatic heterocycles. The molecule has 0 aromatic carbocycles. The van der Waals surface area contributed by atoms with Crippen LogP contribution in [0.15, 0.2) is 49.2 Å². The quantitative estimate of drug-likeness (QED) is 0.726. The van der Waals surface area contributed by atoms with Gasteiger partial charge in [-0.15, -0.1) is 0 Å². The second-order valence-corrected chi connectivity index (χ2v) is 5.93. The molecule has 0 bridgehead atoms. The maximum absolute atomic E-state index is 5.90. The number of rotatable bonds is 3. The smallest absolute Gasteiger partial charge is 0.158 e. The van der Waals surface area contributed by atoms with Crippen LogP contribution in [0.1, 0.15) is 0 Å². The standard InChI is InChI=1S/C16H16ClN7/c17-13-2-3-14(18-11-13)22-6-8-23(9-7-22)15-10-16(20-12-19-15)24-5-1-4-21-24/h1-5,10-12H,6-9H2. The summed E-state index contributed by atoms with van der Waals surface area (Å²) in [6, 6.07) is 7.67. The molecule has 1 aliphatic heterocycles. The lowest BCUT2D eigenvalue weighted by molar-refractivity contribution is 0.640.